The number of anilines is 1. The average Bonchev–Trinajstić information content (AvgIpc) is 2.79. The Bertz CT molecular complexity index is 566. The normalized spacial score (nSPS) is 10.5. The van der Waals surface area contributed by atoms with Crippen LogP contribution in [0, 0.1) is 0 Å². The summed E-state index contributed by atoms with van der Waals surface area (Å²) in [7, 11) is 3.19. The fourth-order valence-corrected chi connectivity index (χ4v) is 1.85. The van der Waals surface area contributed by atoms with Crippen molar-refractivity contribution in [1.82, 2.24) is 9.78 Å². The number of ether oxygens (including phenoxy) is 2. The van der Waals surface area contributed by atoms with Gasteiger partial charge in [-0.05, 0) is 12.1 Å². The van der Waals surface area contributed by atoms with Crippen molar-refractivity contribution in [3.63, 3.8) is 0 Å². The van der Waals surface area contributed by atoms with Crippen molar-refractivity contribution in [1.29, 1.82) is 0 Å². The molecule has 0 fully saturated rings. The Kier molecular flexibility index (Phi) is 3.91. The molecule has 0 unspecified atom stereocenters. The minimum atomic E-state index is -0.00886. The van der Waals surface area contributed by atoms with Gasteiger partial charge in [0.25, 0.3) is 0 Å². The first-order valence-electron chi connectivity index (χ1n) is 5.86. The smallest absolute Gasteiger partial charge is 0.132 e. The van der Waals surface area contributed by atoms with Crippen LogP contribution in [-0.2, 0) is 6.54 Å². The number of aliphatic hydroxyl groups excluding tert-OH is 1. The van der Waals surface area contributed by atoms with Crippen molar-refractivity contribution in [2.45, 2.75) is 6.54 Å². The van der Waals surface area contributed by atoms with Crippen molar-refractivity contribution in [3.8, 4) is 22.8 Å². The number of aliphatic hydroxyl groups is 1. The topological polar surface area (TPSA) is 82.5 Å². The minimum Gasteiger partial charge on any atom is -0.497 e. The largest absolute Gasteiger partial charge is 0.497 e. The molecule has 0 saturated carbocycles. The number of hydrogen-bond donors (Lipinski definition) is 2. The number of aromatic nitrogens is 2. The summed E-state index contributed by atoms with van der Waals surface area (Å²) >= 11 is 0. The van der Waals surface area contributed by atoms with Gasteiger partial charge in [-0.25, -0.2) is 4.68 Å². The molecule has 0 aliphatic rings. The van der Waals surface area contributed by atoms with Crippen LogP contribution in [0.15, 0.2) is 24.3 Å². The molecule has 0 bridgehead atoms. The summed E-state index contributed by atoms with van der Waals surface area (Å²) in [4.78, 5) is 0. The van der Waals surface area contributed by atoms with Gasteiger partial charge in [0, 0.05) is 17.7 Å². The fourth-order valence-electron chi connectivity index (χ4n) is 1.85. The number of benzene rings is 1. The molecule has 1 heterocycles. The molecule has 6 nitrogen and oxygen atoms in total. The minimum absolute atomic E-state index is 0.00886. The zero-order valence-electron chi connectivity index (χ0n) is 11.0. The molecule has 3 N–H and O–H groups in total. The lowest BCUT2D eigenvalue weighted by Gasteiger charge is -2.08. The van der Waals surface area contributed by atoms with Crippen LogP contribution in [0.1, 0.15) is 0 Å². The van der Waals surface area contributed by atoms with Gasteiger partial charge in [0.1, 0.15) is 17.3 Å². The van der Waals surface area contributed by atoms with E-state index in [-0.39, 0.29) is 6.61 Å². The van der Waals surface area contributed by atoms with Crippen LogP contribution in [0.4, 0.5) is 5.82 Å². The highest BCUT2D eigenvalue weighted by Crippen LogP contribution is 2.33. The summed E-state index contributed by atoms with van der Waals surface area (Å²) < 4.78 is 12.0. The van der Waals surface area contributed by atoms with Crippen molar-refractivity contribution in [3.05, 3.63) is 24.3 Å². The van der Waals surface area contributed by atoms with Gasteiger partial charge in [0.15, 0.2) is 0 Å². The first-order valence-corrected chi connectivity index (χ1v) is 5.86. The van der Waals surface area contributed by atoms with E-state index >= 15 is 0 Å². The zero-order chi connectivity index (χ0) is 13.8. The van der Waals surface area contributed by atoms with E-state index in [1.807, 2.05) is 12.1 Å². The molecule has 1 aromatic heterocycles. The van der Waals surface area contributed by atoms with Gasteiger partial charge >= 0.3 is 0 Å². The van der Waals surface area contributed by atoms with Crippen LogP contribution in [0.2, 0.25) is 0 Å². The average molecular weight is 263 g/mol. The third-order valence-electron chi connectivity index (χ3n) is 2.81. The van der Waals surface area contributed by atoms with E-state index < -0.39 is 0 Å². The molecule has 0 spiro atoms. The maximum absolute atomic E-state index is 8.94. The van der Waals surface area contributed by atoms with Gasteiger partial charge in [0.05, 0.1) is 33.1 Å². The molecule has 0 atom stereocenters. The molecule has 1 aromatic carbocycles. The molecule has 0 amide bonds. The van der Waals surface area contributed by atoms with Crippen molar-refractivity contribution < 1.29 is 14.6 Å². The predicted molar refractivity (Wildman–Crippen MR) is 72.3 cm³/mol. The fraction of sp³-hybridized carbons (Fsp3) is 0.308. The highest BCUT2D eigenvalue weighted by molar-refractivity contribution is 5.70. The maximum Gasteiger partial charge on any atom is 0.132 e. The molecule has 6 heteroatoms. The lowest BCUT2D eigenvalue weighted by atomic mass is 10.1. The van der Waals surface area contributed by atoms with Crippen molar-refractivity contribution in [2.75, 3.05) is 26.6 Å². The summed E-state index contributed by atoms with van der Waals surface area (Å²) in [6.45, 7) is 0.357. The number of methoxy groups -OCH3 is 2. The summed E-state index contributed by atoms with van der Waals surface area (Å²) in [5, 5.41) is 13.3. The standard InChI is InChI=1S/C13H17N3O3/c1-18-9-3-4-10(12(7-9)19-2)11-8-13(14)16(15-11)5-6-17/h3-4,7-8,17H,5-6,14H2,1-2H3. The Morgan fingerprint density at radius 3 is 2.68 bits per heavy atom. The van der Waals surface area contributed by atoms with E-state index in [0.717, 1.165) is 5.56 Å². The predicted octanol–water partition coefficient (Wildman–Crippen LogP) is 1.14. The van der Waals surface area contributed by atoms with Gasteiger partial charge in [-0.1, -0.05) is 0 Å². The van der Waals surface area contributed by atoms with E-state index in [9.17, 15) is 0 Å². The van der Waals surface area contributed by atoms with E-state index in [4.69, 9.17) is 20.3 Å². The van der Waals surface area contributed by atoms with Crippen LogP contribution in [0.25, 0.3) is 11.3 Å². The van der Waals surface area contributed by atoms with Gasteiger partial charge in [-0.3, -0.25) is 0 Å². The van der Waals surface area contributed by atoms with Crippen LogP contribution in [0.3, 0.4) is 0 Å². The monoisotopic (exact) mass is 263 g/mol. The SMILES string of the molecule is COc1ccc(-c2cc(N)n(CCO)n2)c(OC)c1. The number of nitrogens with zero attached hydrogens (tertiary/aromatic N) is 2. The van der Waals surface area contributed by atoms with Gasteiger partial charge in [-0.2, -0.15) is 5.10 Å². The highest BCUT2D eigenvalue weighted by atomic mass is 16.5. The summed E-state index contributed by atoms with van der Waals surface area (Å²) in [6.07, 6.45) is 0. The number of nitrogen functional groups attached to an aromatic ring is 1. The molecule has 0 radical (unpaired) electrons. The Morgan fingerprint density at radius 1 is 1.26 bits per heavy atom. The first kappa shape index (κ1) is 13.2. The van der Waals surface area contributed by atoms with Gasteiger partial charge < -0.3 is 20.3 Å². The third-order valence-corrected chi connectivity index (χ3v) is 2.81. The van der Waals surface area contributed by atoms with Crippen molar-refractivity contribution in [2.24, 2.45) is 0 Å². The number of rotatable bonds is 5. The van der Waals surface area contributed by atoms with Gasteiger partial charge in [0.2, 0.25) is 0 Å². The Hall–Kier alpha value is -2.21. The second-order valence-corrected chi connectivity index (χ2v) is 3.97. The molecule has 2 rings (SSSR count). The van der Waals surface area contributed by atoms with Crippen molar-refractivity contribution >= 4 is 5.82 Å². The number of nitrogens with two attached hydrogens (primary N) is 1. The molecule has 0 aliphatic carbocycles. The quantitative estimate of drug-likeness (QED) is 0.845. The van der Waals surface area contributed by atoms with E-state index in [1.54, 1.807) is 31.0 Å². The molecule has 0 aliphatic heterocycles. The van der Waals surface area contributed by atoms with E-state index in [1.165, 1.54) is 0 Å². The van der Waals surface area contributed by atoms with Crippen LogP contribution < -0.4 is 15.2 Å². The molecular formula is C13H17N3O3. The van der Waals surface area contributed by atoms with Crippen LogP contribution in [0.5, 0.6) is 11.5 Å². The summed E-state index contributed by atoms with van der Waals surface area (Å²) in [5.41, 5.74) is 7.36. The summed E-state index contributed by atoms with van der Waals surface area (Å²) in [6, 6.07) is 7.23. The second kappa shape index (κ2) is 5.62. The highest BCUT2D eigenvalue weighted by Gasteiger charge is 2.12. The van der Waals surface area contributed by atoms with E-state index in [0.29, 0.717) is 29.6 Å². The molecule has 19 heavy (non-hydrogen) atoms. The zero-order valence-corrected chi connectivity index (χ0v) is 11.0. The van der Waals surface area contributed by atoms with Gasteiger partial charge in [-0.15, -0.1) is 0 Å². The molecule has 0 saturated heterocycles. The first-order chi connectivity index (χ1) is 9.19. The van der Waals surface area contributed by atoms with Crippen LogP contribution >= 0.6 is 0 Å². The molecule has 102 valence electrons. The molecule has 2 aromatic rings. The lowest BCUT2D eigenvalue weighted by Crippen LogP contribution is -2.07. The lowest BCUT2D eigenvalue weighted by molar-refractivity contribution is 0.270. The van der Waals surface area contributed by atoms with E-state index in [2.05, 4.69) is 5.10 Å². The Morgan fingerprint density at radius 2 is 2.05 bits per heavy atom. The van der Waals surface area contributed by atoms with Crippen LogP contribution in [-0.4, -0.2) is 35.7 Å². The molecular weight excluding hydrogens is 246 g/mol. The number of hydrogen-bond acceptors (Lipinski definition) is 5. The Labute approximate surface area is 111 Å². The second-order valence-electron chi connectivity index (χ2n) is 3.97. The summed E-state index contributed by atoms with van der Waals surface area (Å²) in [5.74, 6) is 1.87. The Balaban J connectivity index is 2.43. The maximum atomic E-state index is 8.94. The third kappa shape index (κ3) is 2.63.